The van der Waals surface area contributed by atoms with E-state index in [2.05, 4.69) is 49.7 Å². The first-order valence-corrected chi connectivity index (χ1v) is 5.83. The van der Waals surface area contributed by atoms with Gasteiger partial charge >= 0.3 is 0 Å². The molecule has 17 heavy (non-hydrogen) atoms. The average Bonchev–Trinajstić information content (AvgIpc) is 2.40. The molecule has 0 aliphatic rings. The Labute approximate surface area is 103 Å². The Bertz CT molecular complexity index is 445. The standard InChI is InChI=1S/C16H17O/c1-13(15-6-4-3-5-7-15)12-14-8-10-16(17-2)11-9-14/h3-13H,1-2H3. The maximum absolute atomic E-state index is 5.14. The van der Waals surface area contributed by atoms with Crippen LogP contribution < -0.4 is 4.74 Å². The van der Waals surface area contributed by atoms with Crippen molar-refractivity contribution < 1.29 is 4.74 Å². The van der Waals surface area contributed by atoms with Gasteiger partial charge in [0.2, 0.25) is 0 Å². The van der Waals surface area contributed by atoms with Gasteiger partial charge in [0.05, 0.1) is 7.11 Å². The summed E-state index contributed by atoms with van der Waals surface area (Å²) >= 11 is 0. The van der Waals surface area contributed by atoms with Crippen LogP contribution in [0.3, 0.4) is 0 Å². The van der Waals surface area contributed by atoms with Crippen LogP contribution in [0.4, 0.5) is 0 Å². The van der Waals surface area contributed by atoms with E-state index < -0.39 is 0 Å². The van der Waals surface area contributed by atoms with Crippen molar-refractivity contribution in [2.75, 3.05) is 7.11 Å². The van der Waals surface area contributed by atoms with Gasteiger partial charge in [-0.3, -0.25) is 0 Å². The van der Waals surface area contributed by atoms with Crippen molar-refractivity contribution in [3.63, 3.8) is 0 Å². The molecule has 0 heterocycles. The van der Waals surface area contributed by atoms with Crippen LogP contribution in [0.5, 0.6) is 5.75 Å². The van der Waals surface area contributed by atoms with Gasteiger partial charge in [0.15, 0.2) is 0 Å². The van der Waals surface area contributed by atoms with E-state index in [1.165, 1.54) is 11.1 Å². The number of rotatable bonds is 4. The van der Waals surface area contributed by atoms with Gasteiger partial charge in [-0.1, -0.05) is 49.4 Å². The SMILES string of the molecule is COc1ccc([CH]C(C)c2ccccc2)cc1. The molecule has 2 aromatic rings. The Hall–Kier alpha value is -1.76. The molecule has 0 bridgehead atoms. The van der Waals surface area contributed by atoms with E-state index in [0.717, 1.165) is 5.75 Å². The van der Waals surface area contributed by atoms with Gasteiger partial charge < -0.3 is 4.74 Å². The second-order valence-electron chi connectivity index (χ2n) is 4.14. The molecule has 0 aliphatic carbocycles. The van der Waals surface area contributed by atoms with Crippen LogP contribution in [0.15, 0.2) is 54.6 Å². The van der Waals surface area contributed by atoms with E-state index in [1.807, 2.05) is 18.2 Å². The third-order valence-electron chi connectivity index (χ3n) is 2.88. The van der Waals surface area contributed by atoms with E-state index in [4.69, 9.17) is 4.74 Å². The van der Waals surface area contributed by atoms with Crippen molar-refractivity contribution in [1.82, 2.24) is 0 Å². The Morgan fingerprint density at radius 3 is 2.18 bits per heavy atom. The maximum atomic E-state index is 5.14. The average molecular weight is 225 g/mol. The lowest BCUT2D eigenvalue weighted by Gasteiger charge is -2.11. The highest BCUT2D eigenvalue weighted by Gasteiger charge is 2.06. The van der Waals surface area contributed by atoms with Crippen molar-refractivity contribution in [3.8, 4) is 5.75 Å². The van der Waals surface area contributed by atoms with Crippen molar-refractivity contribution in [2.45, 2.75) is 12.8 Å². The minimum atomic E-state index is 0.421. The molecule has 0 spiro atoms. The molecule has 1 heteroatoms. The molecule has 1 nitrogen and oxygen atoms in total. The van der Waals surface area contributed by atoms with Crippen LogP contribution >= 0.6 is 0 Å². The fourth-order valence-electron chi connectivity index (χ4n) is 1.86. The van der Waals surface area contributed by atoms with E-state index in [9.17, 15) is 0 Å². The Kier molecular flexibility index (Phi) is 3.81. The third kappa shape index (κ3) is 3.10. The summed E-state index contributed by atoms with van der Waals surface area (Å²) in [6.07, 6.45) is 2.26. The lowest BCUT2D eigenvalue weighted by molar-refractivity contribution is 0.414. The summed E-state index contributed by atoms with van der Waals surface area (Å²) < 4.78 is 5.14. The highest BCUT2D eigenvalue weighted by atomic mass is 16.5. The monoisotopic (exact) mass is 225 g/mol. The minimum absolute atomic E-state index is 0.421. The van der Waals surface area contributed by atoms with Gasteiger partial charge in [0, 0.05) is 0 Å². The summed E-state index contributed by atoms with van der Waals surface area (Å²) in [5, 5.41) is 0. The topological polar surface area (TPSA) is 9.23 Å². The highest BCUT2D eigenvalue weighted by molar-refractivity contribution is 5.35. The molecule has 1 atom stereocenters. The Morgan fingerprint density at radius 2 is 1.59 bits per heavy atom. The van der Waals surface area contributed by atoms with Crippen LogP contribution in [0.2, 0.25) is 0 Å². The number of ether oxygens (including phenoxy) is 1. The van der Waals surface area contributed by atoms with Crippen molar-refractivity contribution >= 4 is 0 Å². The summed E-state index contributed by atoms with van der Waals surface area (Å²) in [4.78, 5) is 0. The smallest absolute Gasteiger partial charge is 0.118 e. The summed E-state index contributed by atoms with van der Waals surface area (Å²) in [5.74, 6) is 1.32. The van der Waals surface area contributed by atoms with Gasteiger partial charge in [-0.2, -0.15) is 0 Å². The molecule has 2 aromatic carbocycles. The molecule has 0 saturated carbocycles. The first-order valence-electron chi connectivity index (χ1n) is 5.83. The number of methoxy groups -OCH3 is 1. The normalized spacial score (nSPS) is 12.1. The first-order chi connectivity index (χ1) is 8.29. The van der Waals surface area contributed by atoms with Crippen molar-refractivity contribution in [1.29, 1.82) is 0 Å². The zero-order valence-electron chi connectivity index (χ0n) is 10.3. The van der Waals surface area contributed by atoms with E-state index in [0.29, 0.717) is 5.92 Å². The third-order valence-corrected chi connectivity index (χ3v) is 2.88. The second kappa shape index (κ2) is 5.53. The molecular weight excluding hydrogens is 208 g/mol. The van der Waals surface area contributed by atoms with Crippen LogP contribution in [-0.2, 0) is 0 Å². The molecule has 0 saturated heterocycles. The predicted octanol–water partition coefficient (Wildman–Crippen LogP) is 4.05. The van der Waals surface area contributed by atoms with Crippen LogP contribution in [0.1, 0.15) is 24.0 Å². The molecular formula is C16H17O. The molecule has 0 amide bonds. The predicted molar refractivity (Wildman–Crippen MR) is 71.3 cm³/mol. The molecule has 2 rings (SSSR count). The lowest BCUT2D eigenvalue weighted by atomic mass is 9.94. The first kappa shape index (κ1) is 11.7. The fourth-order valence-corrected chi connectivity index (χ4v) is 1.86. The van der Waals surface area contributed by atoms with Crippen LogP contribution in [0.25, 0.3) is 0 Å². The fraction of sp³-hybridized carbons (Fsp3) is 0.188. The zero-order valence-corrected chi connectivity index (χ0v) is 10.3. The van der Waals surface area contributed by atoms with E-state index >= 15 is 0 Å². The number of hydrogen-bond donors (Lipinski definition) is 0. The van der Waals surface area contributed by atoms with E-state index in [1.54, 1.807) is 7.11 Å². The molecule has 0 aromatic heterocycles. The Morgan fingerprint density at radius 1 is 0.941 bits per heavy atom. The quantitative estimate of drug-likeness (QED) is 0.762. The summed E-state index contributed by atoms with van der Waals surface area (Å²) in [7, 11) is 1.69. The van der Waals surface area contributed by atoms with Crippen molar-refractivity contribution in [3.05, 3.63) is 72.1 Å². The Balaban J connectivity index is 2.05. The van der Waals surface area contributed by atoms with Crippen LogP contribution in [0, 0.1) is 6.42 Å². The molecule has 87 valence electrons. The van der Waals surface area contributed by atoms with Gasteiger partial charge in [-0.05, 0) is 35.6 Å². The summed E-state index contributed by atoms with van der Waals surface area (Å²) in [6, 6.07) is 18.7. The molecule has 1 radical (unpaired) electrons. The van der Waals surface area contributed by atoms with Crippen molar-refractivity contribution in [2.24, 2.45) is 0 Å². The van der Waals surface area contributed by atoms with Gasteiger partial charge in [-0.15, -0.1) is 0 Å². The largest absolute Gasteiger partial charge is 0.497 e. The molecule has 0 fully saturated rings. The zero-order chi connectivity index (χ0) is 12.1. The van der Waals surface area contributed by atoms with E-state index in [-0.39, 0.29) is 0 Å². The molecule has 1 unspecified atom stereocenters. The molecule has 0 aliphatic heterocycles. The lowest BCUT2D eigenvalue weighted by Crippen LogP contribution is -1.95. The van der Waals surface area contributed by atoms with Gasteiger partial charge in [-0.25, -0.2) is 0 Å². The van der Waals surface area contributed by atoms with Gasteiger partial charge in [0.25, 0.3) is 0 Å². The highest BCUT2D eigenvalue weighted by Crippen LogP contribution is 2.23. The number of benzene rings is 2. The minimum Gasteiger partial charge on any atom is -0.497 e. The second-order valence-corrected chi connectivity index (χ2v) is 4.14. The number of hydrogen-bond acceptors (Lipinski definition) is 1. The maximum Gasteiger partial charge on any atom is 0.118 e. The van der Waals surface area contributed by atoms with Crippen LogP contribution in [-0.4, -0.2) is 7.11 Å². The molecule has 0 N–H and O–H groups in total. The van der Waals surface area contributed by atoms with Gasteiger partial charge in [0.1, 0.15) is 5.75 Å². The summed E-state index contributed by atoms with van der Waals surface area (Å²) in [5.41, 5.74) is 2.56. The summed E-state index contributed by atoms with van der Waals surface area (Å²) in [6.45, 7) is 2.21.